The van der Waals surface area contributed by atoms with Crippen molar-refractivity contribution in [2.45, 2.75) is 19.3 Å². The summed E-state index contributed by atoms with van der Waals surface area (Å²) in [5.74, 6) is 1.30. The van der Waals surface area contributed by atoms with Gasteiger partial charge in [-0.2, -0.15) is 0 Å². The summed E-state index contributed by atoms with van der Waals surface area (Å²) < 4.78 is 0. The third-order valence-electron chi connectivity index (χ3n) is 4.97. The predicted molar refractivity (Wildman–Crippen MR) is 100 cm³/mol. The second-order valence-corrected chi connectivity index (χ2v) is 6.70. The number of hydrogen-bond acceptors (Lipinski definition) is 5. The summed E-state index contributed by atoms with van der Waals surface area (Å²) in [6.45, 7) is 1.55. The Hall–Kier alpha value is -2.96. The highest BCUT2D eigenvalue weighted by molar-refractivity contribution is 5.97. The van der Waals surface area contributed by atoms with E-state index >= 15 is 0 Å². The third-order valence-corrected chi connectivity index (χ3v) is 4.97. The molecule has 3 heterocycles. The van der Waals surface area contributed by atoms with Crippen molar-refractivity contribution in [2.75, 3.05) is 25.5 Å². The van der Waals surface area contributed by atoms with Crippen LogP contribution >= 0.6 is 0 Å². The predicted octanol–water partition coefficient (Wildman–Crippen LogP) is 2.49. The minimum Gasteiger partial charge on any atom is -0.372 e. The zero-order chi connectivity index (χ0) is 17.9. The van der Waals surface area contributed by atoms with Crippen molar-refractivity contribution in [3.8, 4) is 0 Å². The molecule has 7 heteroatoms. The van der Waals surface area contributed by atoms with E-state index in [1.165, 1.54) is 0 Å². The molecule has 0 saturated carbocycles. The molecule has 134 valence electrons. The summed E-state index contributed by atoms with van der Waals surface area (Å²) in [6, 6.07) is 5.63. The number of anilines is 1. The number of imidazole rings is 1. The summed E-state index contributed by atoms with van der Waals surface area (Å²) in [6.07, 6.45) is 8.00. The van der Waals surface area contributed by atoms with E-state index in [0.29, 0.717) is 11.5 Å². The number of nitrogens with one attached hydrogen (secondary N) is 2. The number of aromatic nitrogens is 4. The van der Waals surface area contributed by atoms with E-state index in [1.807, 2.05) is 30.1 Å². The molecule has 1 aliphatic heterocycles. The minimum atomic E-state index is 0.0826. The number of carbonyl (C=O) groups excluding carboxylic acids is 1. The Bertz CT molecular complexity index is 921. The van der Waals surface area contributed by atoms with Crippen LogP contribution < -0.4 is 5.32 Å². The summed E-state index contributed by atoms with van der Waals surface area (Å²) in [4.78, 5) is 31.0. The zero-order valence-corrected chi connectivity index (χ0v) is 14.8. The van der Waals surface area contributed by atoms with Crippen molar-refractivity contribution in [1.29, 1.82) is 0 Å². The van der Waals surface area contributed by atoms with Crippen LogP contribution in [0.3, 0.4) is 0 Å². The maximum absolute atomic E-state index is 12.9. The Morgan fingerprint density at radius 3 is 3.08 bits per heavy atom. The number of piperidine rings is 1. The molecule has 1 aromatic carbocycles. The van der Waals surface area contributed by atoms with E-state index in [-0.39, 0.29) is 5.91 Å². The summed E-state index contributed by atoms with van der Waals surface area (Å²) in [7, 11) is 1.86. The van der Waals surface area contributed by atoms with E-state index in [2.05, 4.69) is 25.3 Å². The number of fused-ring (bicyclic) bond motifs is 1. The van der Waals surface area contributed by atoms with Crippen molar-refractivity contribution in [3.05, 3.63) is 48.2 Å². The normalized spacial score (nSPS) is 17.4. The molecule has 2 N–H and O–H groups in total. The van der Waals surface area contributed by atoms with Crippen LogP contribution in [0.5, 0.6) is 0 Å². The molecule has 1 saturated heterocycles. The average molecular weight is 350 g/mol. The number of benzene rings is 1. The smallest absolute Gasteiger partial charge is 0.253 e. The third kappa shape index (κ3) is 3.24. The van der Waals surface area contributed by atoms with E-state index in [1.54, 1.807) is 18.7 Å². The Morgan fingerprint density at radius 2 is 2.19 bits per heavy atom. The summed E-state index contributed by atoms with van der Waals surface area (Å²) >= 11 is 0. The Labute approximate surface area is 151 Å². The largest absolute Gasteiger partial charge is 0.372 e. The molecule has 0 bridgehead atoms. The fourth-order valence-electron chi connectivity index (χ4n) is 3.67. The lowest BCUT2D eigenvalue weighted by molar-refractivity contribution is 0.0673. The maximum atomic E-state index is 12.9. The highest BCUT2D eigenvalue weighted by atomic mass is 16.2. The number of hydrogen-bond donors (Lipinski definition) is 2. The van der Waals surface area contributed by atoms with Gasteiger partial charge in [-0.1, -0.05) is 0 Å². The van der Waals surface area contributed by atoms with Crippen LogP contribution in [-0.2, 0) is 6.42 Å². The summed E-state index contributed by atoms with van der Waals surface area (Å²) in [5.41, 5.74) is 3.44. The van der Waals surface area contributed by atoms with Gasteiger partial charge in [-0.3, -0.25) is 9.78 Å². The van der Waals surface area contributed by atoms with Gasteiger partial charge in [-0.15, -0.1) is 0 Å². The van der Waals surface area contributed by atoms with Gasteiger partial charge in [0, 0.05) is 38.1 Å². The first-order valence-electron chi connectivity index (χ1n) is 8.94. The molecule has 1 atom stereocenters. The molecule has 2 aromatic heterocycles. The molecule has 26 heavy (non-hydrogen) atoms. The Balaban J connectivity index is 1.48. The van der Waals surface area contributed by atoms with E-state index < -0.39 is 0 Å². The van der Waals surface area contributed by atoms with Crippen molar-refractivity contribution in [1.82, 2.24) is 24.8 Å². The van der Waals surface area contributed by atoms with Crippen LogP contribution in [0.1, 0.15) is 28.9 Å². The van der Waals surface area contributed by atoms with Gasteiger partial charge < -0.3 is 15.2 Å². The molecule has 7 nitrogen and oxygen atoms in total. The van der Waals surface area contributed by atoms with E-state index in [9.17, 15) is 4.79 Å². The molecule has 1 amide bonds. The lowest BCUT2D eigenvalue weighted by atomic mass is 9.92. The molecule has 0 unspecified atom stereocenters. The van der Waals surface area contributed by atoms with Gasteiger partial charge in [0.15, 0.2) is 0 Å². The molecule has 0 aliphatic carbocycles. The fourth-order valence-corrected chi connectivity index (χ4v) is 3.67. The van der Waals surface area contributed by atoms with Gasteiger partial charge in [-0.25, -0.2) is 9.97 Å². The van der Waals surface area contributed by atoms with Crippen molar-refractivity contribution >= 4 is 22.8 Å². The van der Waals surface area contributed by atoms with Crippen molar-refractivity contribution in [3.63, 3.8) is 0 Å². The number of likely N-dealkylation sites (tertiary alicyclic amines) is 1. The topological polar surface area (TPSA) is 86.8 Å². The molecule has 3 aromatic rings. The van der Waals surface area contributed by atoms with Crippen molar-refractivity contribution < 1.29 is 4.79 Å². The highest BCUT2D eigenvalue weighted by Crippen LogP contribution is 2.24. The van der Waals surface area contributed by atoms with Gasteiger partial charge in [0.25, 0.3) is 5.91 Å². The zero-order valence-electron chi connectivity index (χ0n) is 14.8. The Kier molecular flexibility index (Phi) is 4.51. The van der Waals surface area contributed by atoms with Crippen LogP contribution in [0, 0.1) is 5.92 Å². The number of nitrogens with zero attached hydrogens (tertiary/aromatic N) is 4. The quantitative estimate of drug-likeness (QED) is 0.755. The second-order valence-electron chi connectivity index (χ2n) is 6.70. The van der Waals surface area contributed by atoms with Gasteiger partial charge in [0.2, 0.25) is 0 Å². The van der Waals surface area contributed by atoms with Crippen LogP contribution in [-0.4, -0.2) is 50.9 Å². The van der Waals surface area contributed by atoms with Crippen molar-refractivity contribution in [2.24, 2.45) is 5.92 Å². The molecule has 0 spiro atoms. The molecule has 1 fully saturated rings. The van der Waals surface area contributed by atoms with E-state index in [4.69, 9.17) is 0 Å². The fraction of sp³-hybridized carbons (Fsp3) is 0.368. The van der Waals surface area contributed by atoms with Gasteiger partial charge in [0.05, 0.1) is 23.1 Å². The minimum absolute atomic E-state index is 0.0826. The maximum Gasteiger partial charge on any atom is 0.253 e. The second kappa shape index (κ2) is 7.11. The van der Waals surface area contributed by atoms with Gasteiger partial charge >= 0.3 is 0 Å². The Morgan fingerprint density at radius 1 is 1.31 bits per heavy atom. The first-order valence-corrected chi connectivity index (χ1v) is 8.94. The van der Waals surface area contributed by atoms with Gasteiger partial charge in [0.1, 0.15) is 5.82 Å². The summed E-state index contributed by atoms with van der Waals surface area (Å²) in [5, 5.41) is 3.10. The molecule has 4 rings (SSSR count). The van der Waals surface area contributed by atoms with Crippen LogP contribution in [0.4, 0.5) is 5.82 Å². The van der Waals surface area contributed by atoms with Crippen LogP contribution in [0.25, 0.3) is 11.0 Å². The standard InChI is InChI=1S/C19H22N6O/c1-20-18-17(21-6-7-22-18)9-13-3-2-8-25(11-13)19(26)14-4-5-15-16(10-14)24-12-23-15/h4-7,10,12-13H,2-3,8-9,11H2,1H3,(H,20,22)(H,23,24)/t13-/m1/s1. The molecular formula is C19H22N6O. The number of H-pyrrole nitrogens is 1. The van der Waals surface area contributed by atoms with Crippen LogP contribution in [0.15, 0.2) is 36.9 Å². The first-order chi connectivity index (χ1) is 12.7. The van der Waals surface area contributed by atoms with E-state index in [0.717, 1.165) is 54.9 Å². The number of rotatable bonds is 4. The molecular weight excluding hydrogens is 328 g/mol. The SMILES string of the molecule is CNc1nccnc1C[C@H]1CCCN(C(=O)c2ccc3nc[nH]c3c2)C1. The number of amides is 1. The number of aromatic amines is 1. The highest BCUT2D eigenvalue weighted by Gasteiger charge is 2.26. The monoisotopic (exact) mass is 350 g/mol. The van der Waals surface area contributed by atoms with Crippen LogP contribution in [0.2, 0.25) is 0 Å². The van der Waals surface area contributed by atoms with Gasteiger partial charge in [-0.05, 0) is 43.4 Å². The molecule has 1 aliphatic rings. The lowest BCUT2D eigenvalue weighted by Crippen LogP contribution is -2.40. The number of carbonyl (C=O) groups is 1. The lowest BCUT2D eigenvalue weighted by Gasteiger charge is -2.33. The average Bonchev–Trinajstić information content (AvgIpc) is 3.16. The molecule has 0 radical (unpaired) electrons. The first kappa shape index (κ1) is 16.5.